The van der Waals surface area contributed by atoms with E-state index in [9.17, 15) is 0 Å². The van der Waals surface area contributed by atoms with Crippen molar-refractivity contribution in [2.75, 3.05) is 0 Å². The second-order valence-corrected chi connectivity index (χ2v) is 7.43. The molecule has 0 saturated heterocycles. The maximum Gasteiger partial charge on any atom is 0.0181 e. The maximum absolute atomic E-state index is 3.55. The van der Waals surface area contributed by atoms with E-state index in [1.807, 2.05) is 18.2 Å². The number of hydrogen-bond acceptors (Lipinski definition) is 0. The molecule has 0 spiro atoms. The third kappa shape index (κ3) is 3.11. The summed E-state index contributed by atoms with van der Waals surface area (Å²) >= 11 is 3.55. The first-order valence-corrected chi connectivity index (χ1v) is 8.71. The molecule has 0 unspecified atom stereocenters. The average Bonchev–Trinajstić information content (AvgIpc) is 2.77. The lowest BCUT2D eigenvalue weighted by Gasteiger charge is -2.21. The predicted molar refractivity (Wildman–Crippen MR) is 103 cm³/mol. The molecule has 4 rings (SSSR count). The summed E-state index contributed by atoms with van der Waals surface area (Å²) in [7, 11) is 0. The van der Waals surface area contributed by atoms with Crippen LogP contribution in [0.2, 0.25) is 0 Å². The smallest absolute Gasteiger partial charge is 0.0181 e. The Morgan fingerprint density at radius 1 is 0.696 bits per heavy atom. The molecule has 116 valence electrons. The van der Waals surface area contributed by atoms with Crippen molar-refractivity contribution in [2.45, 2.75) is 26.2 Å². The van der Waals surface area contributed by atoms with E-state index < -0.39 is 0 Å². The third-order valence-electron chi connectivity index (χ3n) is 4.49. The van der Waals surface area contributed by atoms with E-state index in [0.29, 0.717) is 0 Å². The number of fused-ring (bicyclic) bond motifs is 3. The fourth-order valence-corrected chi connectivity index (χ4v) is 3.59. The van der Waals surface area contributed by atoms with E-state index >= 15 is 0 Å². The second-order valence-electron chi connectivity index (χ2n) is 6.52. The molecule has 3 aromatic rings. The van der Waals surface area contributed by atoms with Crippen molar-refractivity contribution in [3.05, 3.63) is 94.0 Å². The van der Waals surface area contributed by atoms with E-state index in [0.717, 1.165) is 4.47 Å². The molecule has 0 aliphatic heterocycles. The van der Waals surface area contributed by atoms with Gasteiger partial charge in [0, 0.05) is 9.89 Å². The highest BCUT2D eigenvalue weighted by Crippen LogP contribution is 2.48. The van der Waals surface area contributed by atoms with Crippen molar-refractivity contribution in [1.29, 1.82) is 0 Å². The summed E-state index contributed by atoms with van der Waals surface area (Å²) in [6, 6.07) is 25.6. The van der Waals surface area contributed by atoms with Crippen molar-refractivity contribution in [1.82, 2.24) is 0 Å². The Kier molecular flexibility index (Phi) is 4.41. The maximum atomic E-state index is 3.55. The molecule has 1 aliphatic carbocycles. The molecule has 0 bridgehead atoms. The van der Waals surface area contributed by atoms with Gasteiger partial charge in [-0.3, -0.25) is 0 Å². The molecule has 0 aromatic heterocycles. The van der Waals surface area contributed by atoms with Crippen LogP contribution in [-0.2, 0) is 5.41 Å². The van der Waals surface area contributed by atoms with Crippen LogP contribution >= 0.6 is 15.9 Å². The lowest BCUT2D eigenvalue weighted by molar-refractivity contribution is 0.660. The number of benzene rings is 3. The molecule has 0 heterocycles. The van der Waals surface area contributed by atoms with Crippen LogP contribution in [-0.4, -0.2) is 0 Å². The molecule has 0 amide bonds. The van der Waals surface area contributed by atoms with Crippen LogP contribution in [0.15, 0.2) is 77.3 Å². The minimum Gasteiger partial charge on any atom is -0.0622 e. The van der Waals surface area contributed by atoms with Crippen molar-refractivity contribution in [3.63, 3.8) is 0 Å². The zero-order valence-corrected chi connectivity index (χ0v) is 15.4. The molecule has 0 nitrogen and oxygen atoms in total. The van der Waals surface area contributed by atoms with Gasteiger partial charge in [0.1, 0.15) is 0 Å². The lowest BCUT2D eigenvalue weighted by atomic mass is 9.82. The van der Waals surface area contributed by atoms with Crippen molar-refractivity contribution in [2.24, 2.45) is 0 Å². The number of rotatable bonds is 0. The van der Waals surface area contributed by atoms with Gasteiger partial charge < -0.3 is 0 Å². The van der Waals surface area contributed by atoms with Gasteiger partial charge in [-0.2, -0.15) is 0 Å². The van der Waals surface area contributed by atoms with Crippen molar-refractivity contribution < 1.29 is 0 Å². The summed E-state index contributed by atoms with van der Waals surface area (Å²) in [4.78, 5) is 0. The fourth-order valence-electron chi connectivity index (χ4n) is 3.23. The van der Waals surface area contributed by atoms with Gasteiger partial charge in [-0.1, -0.05) is 96.0 Å². The van der Waals surface area contributed by atoms with E-state index in [1.165, 1.54) is 27.8 Å². The number of hydrogen-bond donors (Lipinski definition) is 0. The highest BCUT2D eigenvalue weighted by atomic mass is 79.9. The molecule has 0 saturated carbocycles. The van der Waals surface area contributed by atoms with Gasteiger partial charge in [0.05, 0.1) is 0 Å². The van der Waals surface area contributed by atoms with Crippen molar-refractivity contribution >= 4 is 15.9 Å². The van der Waals surface area contributed by atoms with Gasteiger partial charge in [-0.05, 0) is 41.3 Å². The summed E-state index contributed by atoms with van der Waals surface area (Å²) in [5, 5.41) is 0. The van der Waals surface area contributed by atoms with Gasteiger partial charge in [0.2, 0.25) is 0 Å². The average molecular weight is 365 g/mol. The molecule has 23 heavy (non-hydrogen) atoms. The van der Waals surface area contributed by atoms with Crippen LogP contribution in [0.4, 0.5) is 0 Å². The second kappa shape index (κ2) is 6.33. The lowest BCUT2D eigenvalue weighted by Crippen LogP contribution is -2.14. The summed E-state index contributed by atoms with van der Waals surface area (Å²) in [5.74, 6) is 0. The van der Waals surface area contributed by atoms with Gasteiger partial charge in [0.15, 0.2) is 0 Å². The van der Waals surface area contributed by atoms with Gasteiger partial charge >= 0.3 is 0 Å². The molecule has 1 aliphatic rings. The molecule has 3 aromatic carbocycles. The fraction of sp³-hybridized carbons (Fsp3) is 0.182. The first-order valence-electron chi connectivity index (χ1n) is 7.92. The minimum atomic E-state index is 0.132. The Morgan fingerprint density at radius 2 is 1.30 bits per heavy atom. The van der Waals surface area contributed by atoms with Crippen molar-refractivity contribution in [3.8, 4) is 11.1 Å². The van der Waals surface area contributed by atoms with Crippen LogP contribution in [0.25, 0.3) is 11.1 Å². The van der Waals surface area contributed by atoms with Crippen LogP contribution in [0.1, 0.15) is 30.5 Å². The number of aryl methyl sites for hydroxylation is 1. The van der Waals surface area contributed by atoms with Crippen LogP contribution < -0.4 is 0 Å². The zero-order chi connectivity index (χ0) is 16.4. The topological polar surface area (TPSA) is 0 Å². The normalized spacial score (nSPS) is 13.6. The molecule has 0 N–H and O–H groups in total. The summed E-state index contributed by atoms with van der Waals surface area (Å²) < 4.78 is 1.15. The summed E-state index contributed by atoms with van der Waals surface area (Å²) in [6.07, 6.45) is 0. The Bertz CT molecular complexity index is 816. The van der Waals surface area contributed by atoms with Crippen LogP contribution in [0, 0.1) is 6.92 Å². The highest BCUT2D eigenvalue weighted by molar-refractivity contribution is 9.10. The summed E-state index contributed by atoms with van der Waals surface area (Å²) in [6.45, 7) is 6.68. The molecule has 1 heteroatoms. The Labute approximate surface area is 147 Å². The van der Waals surface area contributed by atoms with Gasteiger partial charge in [-0.15, -0.1) is 0 Å². The predicted octanol–water partition coefficient (Wildman–Crippen LogP) is 6.75. The van der Waals surface area contributed by atoms with Gasteiger partial charge in [0.25, 0.3) is 0 Å². The molecule has 0 atom stereocenters. The highest BCUT2D eigenvalue weighted by Gasteiger charge is 2.34. The largest absolute Gasteiger partial charge is 0.0622 e. The van der Waals surface area contributed by atoms with Crippen LogP contribution in [0.5, 0.6) is 0 Å². The SMILES string of the molecule is CC1(C)c2ccccc2-c2cc(Br)ccc21.Cc1ccccc1. The molecular weight excluding hydrogens is 344 g/mol. The van der Waals surface area contributed by atoms with Gasteiger partial charge in [-0.25, -0.2) is 0 Å². The first-order chi connectivity index (χ1) is 11.0. The minimum absolute atomic E-state index is 0.132. The first kappa shape index (κ1) is 16.0. The molecule has 0 radical (unpaired) electrons. The third-order valence-corrected chi connectivity index (χ3v) is 4.98. The standard InChI is InChI=1S/C15H13Br.C7H8/c1-15(2)13-6-4-3-5-11(13)12-9-10(16)7-8-14(12)15;1-7-5-3-2-4-6-7/h3-9H,1-2H3;2-6H,1H3. The van der Waals surface area contributed by atoms with E-state index in [2.05, 4.69) is 91.3 Å². The van der Waals surface area contributed by atoms with E-state index in [1.54, 1.807) is 0 Å². The Balaban J connectivity index is 0.000000188. The van der Waals surface area contributed by atoms with Crippen LogP contribution in [0.3, 0.4) is 0 Å². The summed E-state index contributed by atoms with van der Waals surface area (Å²) in [5.41, 5.74) is 7.06. The zero-order valence-electron chi connectivity index (χ0n) is 13.8. The quantitative estimate of drug-likeness (QED) is 0.413. The monoisotopic (exact) mass is 364 g/mol. The van der Waals surface area contributed by atoms with E-state index in [4.69, 9.17) is 0 Å². The number of halogens is 1. The molecule has 0 fully saturated rings. The van der Waals surface area contributed by atoms with E-state index in [-0.39, 0.29) is 5.41 Å². The Morgan fingerprint density at radius 3 is 1.96 bits per heavy atom. The molecular formula is C22H21Br. The Hall–Kier alpha value is -1.86.